The number of ether oxygens (including phenoxy) is 1. The number of rotatable bonds is 7. The molecule has 18 heavy (non-hydrogen) atoms. The van der Waals surface area contributed by atoms with Crippen molar-refractivity contribution in [3.8, 4) is 0 Å². The van der Waals surface area contributed by atoms with Gasteiger partial charge < -0.3 is 10.5 Å². The summed E-state index contributed by atoms with van der Waals surface area (Å²) in [7, 11) is 1.93. The van der Waals surface area contributed by atoms with E-state index in [9.17, 15) is 4.39 Å². The summed E-state index contributed by atoms with van der Waals surface area (Å²) < 4.78 is 19.0. The van der Waals surface area contributed by atoms with E-state index in [1.807, 2.05) is 18.9 Å². The molecule has 0 saturated carbocycles. The standard InChI is InChI=1S/C13H19FN2OS/c1-3-17-7-6-16(2)9-11-5-4-10(13(15)18)8-12(11)14/h4-5,8H,3,6-7,9H2,1-2H3,(H2,15,18). The van der Waals surface area contributed by atoms with E-state index in [0.717, 1.165) is 6.54 Å². The summed E-state index contributed by atoms with van der Waals surface area (Å²) in [6.45, 7) is 4.61. The van der Waals surface area contributed by atoms with Crippen LogP contribution in [0.5, 0.6) is 0 Å². The molecule has 0 heterocycles. The third kappa shape index (κ3) is 4.68. The van der Waals surface area contributed by atoms with Gasteiger partial charge in [-0.1, -0.05) is 24.4 Å². The van der Waals surface area contributed by atoms with Crippen molar-refractivity contribution in [1.29, 1.82) is 0 Å². The number of thiocarbonyl (C=S) groups is 1. The Morgan fingerprint density at radius 2 is 2.22 bits per heavy atom. The van der Waals surface area contributed by atoms with E-state index >= 15 is 0 Å². The number of hydrogen-bond acceptors (Lipinski definition) is 3. The Balaban J connectivity index is 2.59. The zero-order valence-corrected chi connectivity index (χ0v) is 11.6. The number of nitrogens with zero attached hydrogens (tertiary/aromatic N) is 1. The largest absolute Gasteiger partial charge is 0.389 e. The number of hydrogen-bond donors (Lipinski definition) is 1. The fourth-order valence-corrected chi connectivity index (χ4v) is 1.69. The molecule has 0 aliphatic rings. The summed E-state index contributed by atoms with van der Waals surface area (Å²) in [6, 6.07) is 4.85. The Hall–Kier alpha value is -1.04. The van der Waals surface area contributed by atoms with E-state index in [-0.39, 0.29) is 10.8 Å². The third-order valence-corrected chi connectivity index (χ3v) is 2.84. The van der Waals surface area contributed by atoms with E-state index in [1.165, 1.54) is 6.07 Å². The maximum atomic E-state index is 13.8. The zero-order valence-electron chi connectivity index (χ0n) is 10.8. The molecule has 0 aliphatic carbocycles. The quantitative estimate of drug-likeness (QED) is 0.607. The monoisotopic (exact) mass is 270 g/mol. The Bertz CT molecular complexity index is 412. The van der Waals surface area contributed by atoms with Gasteiger partial charge in [-0.15, -0.1) is 0 Å². The molecule has 0 atom stereocenters. The predicted octanol–water partition coefficient (Wildman–Crippen LogP) is 1.93. The molecular weight excluding hydrogens is 251 g/mol. The second-order valence-electron chi connectivity index (χ2n) is 4.11. The lowest BCUT2D eigenvalue weighted by Crippen LogP contribution is -2.23. The first-order chi connectivity index (χ1) is 8.54. The van der Waals surface area contributed by atoms with Gasteiger partial charge >= 0.3 is 0 Å². The van der Waals surface area contributed by atoms with Gasteiger partial charge in [0.2, 0.25) is 0 Å². The molecule has 0 fully saturated rings. The summed E-state index contributed by atoms with van der Waals surface area (Å²) in [5.41, 5.74) is 6.64. The van der Waals surface area contributed by atoms with Crippen LogP contribution in [0.3, 0.4) is 0 Å². The van der Waals surface area contributed by atoms with Crippen molar-refractivity contribution >= 4 is 17.2 Å². The minimum absolute atomic E-state index is 0.213. The van der Waals surface area contributed by atoms with E-state index in [1.54, 1.807) is 12.1 Å². The summed E-state index contributed by atoms with van der Waals surface area (Å²) >= 11 is 4.81. The van der Waals surface area contributed by atoms with E-state index < -0.39 is 0 Å². The number of halogens is 1. The second-order valence-corrected chi connectivity index (χ2v) is 4.54. The molecule has 1 aromatic carbocycles. The van der Waals surface area contributed by atoms with Crippen LogP contribution < -0.4 is 5.73 Å². The molecule has 0 spiro atoms. The van der Waals surface area contributed by atoms with Crippen molar-refractivity contribution in [3.63, 3.8) is 0 Å². The predicted molar refractivity (Wildman–Crippen MR) is 75.1 cm³/mol. The first kappa shape index (κ1) is 15.0. The van der Waals surface area contributed by atoms with Crippen LogP contribution in [-0.2, 0) is 11.3 Å². The summed E-state index contributed by atoms with van der Waals surface area (Å²) in [5, 5.41) is 0. The summed E-state index contributed by atoms with van der Waals surface area (Å²) in [4.78, 5) is 2.22. The topological polar surface area (TPSA) is 38.5 Å². The second kappa shape index (κ2) is 7.41. The van der Waals surface area contributed by atoms with Gasteiger partial charge in [0.15, 0.2) is 0 Å². The van der Waals surface area contributed by atoms with Crippen LogP contribution in [0.1, 0.15) is 18.1 Å². The normalized spacial score (nSPS) is 10.9. The Labute approximate surface area is 113 Å². The maximum absolute atomic E-state index is 13.8. The van der Waals surface area contributed by atoms with Crippen molar-refractivity contribution in [3.05, 3.63) is 35.1 Å². The molecule has 2 N–H and O–H groups in total. The average Bonchev–Trinajstić information content (AvgIpc) is 2.32. The number of benzene rings is 1. The Morgan fingerprint density at radius 1 is 1.50 bits per heavy atom. The molecule has 0 unspecified atom stereocenters. The van der Waals surface area contributed by atoms with Gasteiger partial charge in [-0.25, -0.2) is 4.39 Å². The van der Waals surface area contributed by atoms with Crippen LogP contribution in [0.25, 0.3) is 0 Å². The van der Waals surface area contributed by atoms with Gasteiger partial charge in [0, 0.05) is 30.8 Å². The molecule has 1 rings (SSSR count). The lowest BCUT2D eigenvalue weighted by molar-refractivity contribution is 0.120. The summed E-state index contributed by atoms with van der Waals surface area (Å²) in [5.74, 6) is -0.274. The molecule has 0 aliphatic heterocycles. The molecule has 0 aromatic heterocycles. The Kier molecular flexibility index (Phi) is 6.18. The molecule has 0 radical (unpaired) electrons. The lowest BCUT2D eigenvalue weighted by Gasteiger charge is -2.17. The van der Waals surface area contributed by atoms with Gasteiger partial charge in [0.05, 0.1) is 6.61 Å². The van der Waals surface area contributed by atoms with Crippen molar-refractivity contribution in [2.75, 3.05) is 26.8 Å². The van der Waals surface area contributed by atoms with Crippen LogP contribution in [0.2, 0.25) is 0 Å². The fraction of sp³-hybridized carbons (Fsp3) is 0.462. The van der Waals surface area contributed by atoms with E-state index in [0.29, 0.717) is 30.9 Å². The first-order valence-electron chi connectivity index (χ1n) is 5.89. The minimum Gasteiger partial charge on any atom is -0.389 e. The molecular formula is C13H19FN2OS. The van der Waals surface area contributed by atoms with Crippen LogP contribution >= 0.6 is 12.2 Å². The number of nitrogens with two attached hydrogens (primary N) is 1. The smallest absolute Gasteiger partial charge is 0.128 e. The first-order valence-corrected chi connectivity index (χ1v) is 6.30. The van der Waals surface area contributed by atoms with Crippen molar-refractivity contribution in [2.45, 2.75) is 13.5 Å². The van der Waals surface area contributed by atoms with Crippen molar-refractivity contribution in [2.24, 2.45) is 5.73 Å². The molecule has 1 aromatic rings. The van der Waals surface area contributed by atoms with Gasteiger partial charge in [0.25, 0.3) is 0 Å². The molecule has 0 saturated heterocycles. The van der Waals surface area contributed by atoms with Crippen LogP contribution in [-0.4, -0.2) is 36.7 Å². The fourth-order valence-electron chi connectivity index (χ4n) is 1.56. The SMILES string of the molecule is CCOCCN(C)Cc1ccc(C(N)=S)cc1F. The third-order valence-electron chi connectivity index (χ3n) is 2.60. The van der Waals surface area contributed by atoms with Crippen molar-refractivity contribution in [1.82, 2.24) is 4.90 Å². The molecule has 0 amide bonds. The molecule has 5 heteroatoms. The lowest BCUT2D eigenvalue weighted by atomic mass is 10.1. The van der Waals surface area contributed by atoms with Crippen LogP contribution in [0.15, 0.2) is 18.2 Å². The van der Waals surface area contributed by atoms with Crippen LogP contribution in [0, 0.1) is 5.82 Å². The van der Waals surface area contributed by atoms with Crippen molar-refractivity contribution < 1.29 is 9.13 Å². The summed E-state index contributed by atoms with van der Waals surface area (Å²) in [6.07, 6.45) is 0. The average molecular weight is 270 g/mol. The zero-order chi connectivity index (χ0) is 13.5. The van der Waals surface area contributed by atoms with E-state index in [4.69, 9.17) is 22.7 Å². The highest BCUT2D eigenvalue weighted by Crippen LogP contribution is 2.12. The molecule has 3 nitrogen and oxygen atoms in total. The Morgan fingerprint density at radius 3 is 2.78 bits per heavy atom. The maximum Gasteiger partial charge on any atom is 0.128 e. The highest BCUT2D eigenvalue weighted by atomic mass is 32.1. The van der Waals surface area contributed by atoms with Gasteiger partial charge in [-0.2, -0.15) is 0 Å². The van der Waals surface area contributed by atoms with Gasteiger partial charge in [-0.05, 0) is 20.0 Å². The van der Waals surface area contributed by atoms with E-state index in [2.05, 4.69) is 0 Å². The molecule has 100 valence electrons. The highest BCUT2D eigenvalue weighted by Gasteiger charge is 2.07. The molecule has 0 bridgehead atoms. The highest BCUT2D eigenvalue weighted by molar-refractivity contribution is 7.80. The van der Waals surface area contributed by atoms with Crippen LogP contribution in [0.4, 0.5) is 4.39 Å². The minimum atomic E-state index is -0.274. The van der Waals surface area contributed by atoms with Gasteiger partial charge in [-0.3, -0.25) is 4.90 Å². The van der Waals surface area contributed by atoms with Gasteiger partial charge in [0.1, 0.15) is 10.8 Å². The number of likely N-dealkylation sites (N-methyl/N-ethyl adjacent to an activating group) is 1.